The number of phenolic OH excluding ortho intramolecular Hbond substituents is 1. The first-order valence-electron chi connectivity index (χ1n) is 12.2. The summed E-state index contributed by atoms with van der Waals surface area (Å²) >= 11 is 0. The molecule has 37 heavy (non-hydrogen) atoms. The van der Waals surface area contributed by atoms with Gasteiger partial charge in [0.15, 0.2) is 0 Å². The molecule has 10 nitrogen and oxygen atoms in total. The summed E-state index contributed by atoms with van der Waals surface area (Å²) in [6.45, 7) is 5.02. The second-order valence-corrected chi connectivity index (χ2v) is 9.17. The van der Waals surface area contributed by atoms with Crippen LogP contribution < -0.4 is 21.7 Å². The first kappa shape index (κ1) is 29.3. The molecule has 10 heteroatoms. The lowest BCUT2D eigenvalue weighted by molar-refractivity contribution is -0.143. The minimum Gasteiger partial charge on any atom is -0.508 e. The van der Waals surface area contributed by atoms with Crippen molar-refractivity contribution in [1.82, 2.24) is 16.0 Å². The lowest BCUT2D eigenvalue weighted by Crippen LogP contribution is -2.57. The number of aromatic hydroxyl groups is 1. The molecule has 0 aromatic heterocycles. The Kier molecular flexibility index (Phi) is 11.1. The summed E-state index contributed by atoms with van der Waals surface area (Å²) in [6.07, 6.45) is 0.873. The minimum absolute atomic E-state index is 0.0972. The van der Waals surface area contributed by atoms with E-state index in [0.717, 1.165) is 11.1 Å². The summed E-state index contributed by atoms with van der Waals surface area (Å²) in [7, 11) is 0. The van der Waals surface area contributed by atoms with Crippen LogP contribution in [0.2, 0.25) is 0 Å². The monoisotopic (exact) mass is 512 g/mol. The largest absolute Gasteiger partial charge is 0.508 e. The third-order valence-corrected chi connectivity index (χ3v) is 6.17. The Labute approximate surface area is 216 Å². The van der Waals surface area contributed by atoms with E-state index < -0.39 is 47.9 Å². The van der Waals surface area contributed by atoms with Crippen LogP contribution in [0.1, 0.15) is 38.3 Å². The molecular formula is C27H36N4O6. The maximum atomic E-state index is 13.1. The number of carboxylic acids is 1. The quantitative estimate of drug-likeness (QED) is 0.233. The first-order chi connectivity index (χ1) is 17.5. The van der Waals surface area contributed by atoms with E-state index in [1.165, 1.54) is 19.1 Å². The topological polar surface area (TPSA) is 171 Å². The fourth-order valence-corrected chi connectivity index (χ4v) is 3.66. The number of aliphatic carboxylic acids is 1. The fraction of sp³-hybridized carbons (Fsp3) is 0.407. The number of hydrogen-bond donors (Lipinski definition) is 6. The van der Waals surface area contributed by atoms with Gasteiger partial charge in [0.05, 0.1) is 6.04 Å². The normalized spacial score (nSPS) is 14.9. The molecule has 0 aliphatic heterocycles. The number of nitrogens with one attached hydrogen (secondary N) is 3. The Bertz CT molecular complexity index is 1060. The van der Waals surface area contributed by atoms with Crippen LogP contribution in [0.25, 0.3) is 0 Å². The molecule has 2 aromatic rings. The molecule has 2 aromatic carbocycles. The zero-order chi connectivity index (χ0) is 27.5. The second-order valence-electron chi connectivity index (χ2n) is 9.17. The number of nitrogens with two attached hydrogens (primary N) is 1. The average Bonchev–Trinajstić information content (AvgIpc) is 2.87. The van der Waals surface area contributed by atoms with Crippen molar-refractivity contribution in [2.45, 2.75) is 64.2 Å². The standard InChI is InChI=1S/C27H36N4O6/c1-4-16(2)23(27(36)37)31-26(35)22(15-18-8-6-5-7-9-18)30-24(33)17(3)29-25(34)21(28)14-19-10-12-20(32)13-11-19/h5-13,16-17,21-23,32H,4,14-15,28H2,1-3H3,(H,29,34)(H,30,33)(H,31,35)(H,36,37). The SMILES string of the molecule is CCC(C)C(NC(=O)C(Cc1ccccc1)NC(=O)C(C)NC(=O)C(N)Cc1ccc(O)cc1)C(=O)O. The Balaban J connectivity index is 2.07. The minimum atomic E-state index is -1.16. The molecule has 7 N–H and O–H groups in total. The highest BCUT2D eigenvalue weighted by Crippen LogP contribution is 2.12. The predicted molar refractivity (Wildman–Crippen MR) is 138 cm³/mol. The van der Waals surface area contributed by atoms with Crippen LogP contribution in [0.3, 0.4) is 0 Å². The van der Waals surface area contributed by atoms with Crippen molar-refractivity contribution in [3.63, 3.8) is 0 Å². The smallest absolute Gasteiger partial charge is 0.326 e. The fourth-order valence-electron chi connectivity index (χ4n) is 3.66. The second kappa shape index (κ2) is 14.0. The maximum Gasteiger partial charge on any atom is 0.326 e. The number of amides is 3. The summed E-state index contributed by atoms with van der Waals surface area (Å²) in [6, 6.07) is 11.2. The molecule has 5 atom stereocenters. The van der Waals surface area contributed by atoms with Gasteiger partial charge in [-0.25, -0.2) is 4.79 Å². The van der Waals surface area contributed by atoms with Crippen molar-refractivity contribution >= 4 is 23.7 Å². The van der Waals surface area contributed by atoms with Crippen molar-refractivity contribution < 1.29 is 29.4 Å². The van der Waals surface area contributed by atoms with Gasteiger partial charge in [0, 0.05) is 6.42 Å². The van der Waals surface area contributed by atoms with Crippen LogP contribution in [0.4, 0.5) is 0 Å². The summed E-state index contributed by atoms with van der Waals surface area (Å²) in [5.41, 5.74) is 7.50. The highest BCUT2D eigenvalue weighted by atomic mass is 16.4. The zero-order valence-corrected chi connectivity index (χ0v) is 21.3. The first-order valence-corrected chi connectivity index (χ1v) is 12.2. The number of phenols is 1. The lowest BCUT2D eigenvalue weighted by atomic mass is 9.98. The molecular weight excluding hydrogens is 476 g/mol. The van der Waals surface area contributed by atoms with E-state index in [1.807, 2.05) is 13.0 Å². The van der Waals surface area contributed by atoms with E-state index in [0.29, 0.717) is 6.42 Å². The van der Waals surface area contributed by atoms with E-state index in [4.69, 9.17) is 5.73 Å². The van der Waals surface area contributed by atoms with Crippen molar-refractivity contribution in [2.24, 2.45) is 11.7 Å². The van der Waals surface area contributed by atoms with Gasteiger partial charge in [0.1, 0.15) is 23.9 Å². The van der Waals surface area contributed by atoms with E-state index in [2.05, 4.69) is 16.0 Å². The van der Waals surface area contributed by atoms with Crippen LogP contribution in [0.5, 0.6) is 5.75 Å². The number of benzene rings is 2. The lowest BCUT2D eigenvalue weighted by Gasteiger charge is -2.26. The summed E-state index contributed by atoms with van der Waals surface area (Å²) < 4.78 is 0. The number of hydrogen-bond acceptors (Lipinski definition) is 6. The Morgan fingerprint density at radius 1 is 0.811 bits per heavy atom. The van der Waals surface area contributed by atoms with Gasteiger partial charge in [0.2, 0.25) is 17.7 Å². The summed E-state index contributed by atoms with van der Waals surface area (Å²) in [5, 5.41) is 26.7. The van der Waals surface area contributed by atoms with Gasteiger partial charge in [-0.1, -0.05) is 62.7 Å². The Hall–Kier alpha value is -3.92. The summed E-state index contributed by atoms with van der Waals surface area (Å²) in [5.74, 6) is -3.18. The zero-order valence-electron chi connectivity index (χ0n) is 21.3. The molecule has 0 aliphatic rings. The van der Waals surface area contributed by atoms with Crippen molar-refractivity contribution in [1.29, 1.82) is 0 Å². The van der Waals surface area contributed by atoms with E-state index >= 15 is 0 Å². The number of carboxylic acid groups (broad SMARTS) is 1. The molecule has 0 radical (unpaired) electrons. The molecule has 0 saturated heterocycles. The predicted octanol–water partition coefficient (Wildman–Crippen LogP) is 1.11. The third-order valence-electron chi connectivity index (χ3n) is 6.17. The molecule has 2 rings (SSSR count). The van der Waals surface area contributed by atoms with Crippen LogP contribution in [-0.2, 0) is 32.0 Å². The summed E-state index contributed by atoms with van der Waals surface area (Å²) in [4.78, 5) is 50.3. The molecule has 5 unspecified atom stereocenters. The Morgan fingerprint density at radius 3 is 1.97 bits per heavy atom. The van der Waals surface area contributed by atoms with Crippen LogP contribution in [0, 0.1) is 5.92 Å². The molecule has 0 aliphatic carbocycles. The van der Waals surface area contributed by atoms with Crippen LogP contribution in [0.15, 0.2) is 54.6 Å². The van der Waals surface area contributed by atoms with Crippen molar-refractivity contribution in [3.8, 4) is 5.75 Å². The van der Waals surface area contributed by atoms with Gasteiger partial charge in [-0.05, 0) is 42.5 Å². The van der Waals surface area contributed by atoms with Gasteiger partial charge >= 0.3 is 5.97 Å². The van der Waals surface area contributed by atoms with Crippen LogP contribution in [-0.4, -0.2) is 58.1 Å². The van der Waals surface area contributed by atoms with Gasteiger partial charge in [-0.3, -0.25) is 14.4 Å². The van der Waals surface area contributed by atoms with Crippen LogP contribution >= 0.6 is 0 Å². The highest BCUT2D eigenvalue weighted by Gasteiger charge is 2.31. The molecule has 0 bridgehead atoms. The maximum absolute atomic E-state index is 13.1. The molecule has 0 spiro atoms. The molecule has 3 amide bonds. The third kappa shape index (κ3) is 9.23. The Morgan fingerprint density at radius 2 is 1.41 bits per heavy atom. The van der Waals surface area contributed by atoms with E-state index in [9.17, 15) is 29.4 Å². The van der Waals surface area contributed by atoms with Gasteiger partial charge in [-0.15, -0.1) is 0 Å². The van der Waals surface area contributed by atoms with E-state index in [-0.39, 0.29) is 24.5 Å². The number of carbonyl (C=O) groups excluding carboxylic acids is 3. The molecule has 0 saturated carbocycles. The van der Waals surface area contributed by atoms with Gasteiger partial charge < -0.3 is 31.9 Å². The highest BCUT2D eigenvalue weighted by molar-refractivity contribution is 5.94. The average molecular weight is 513 g/mol. The van der Waals surface area contributed by atoms with Crippen molar-refractivity contribution in [3.05, 3.63) is 65.7 Å². The van der Waals surface area contributed by atoms with Gasteiger partial charge in [0.25, 0.3) is 0 Å². The van der Waals surface area contributed by atoms with Gasteiger partial charge in [-0.2, -0.15) is 0 Å². The number of rotatable bonds is 13. The van der Waals surface area contributed by atoms with E-state index in [1.54, 1.807) is 43.3 Å². The molecule has 0 heterocycles. The number of carbonyl (C=O) groups is 4. The molecule has 0 fully saturated rings. The molecule has 200 valence electrons. The van der Waals surface area contributed by atoms with Crippen molar-refractivity contribution in [2.75, 3.05) is 0 Å².